The van der Waals surface area contributed by atoms with E-state index in [1.165, 1.54) is 0 Å². The molecule has 0 saturated heterocycles. The Labute approximate surface area is 152 Å². The van der Waals surface area contributed by atoms with Crippen LogP contribution < -0.4 is 15.4 Å². The summed E-state index contributed by atoms with van der Waals surface area (Å²) in [6, 6.07) is 7.15. The number of likely N-dealkylation sites (N-methyl/N-ethyl adjacent to an activating group) is 1. The zero-order chi connectivity index (χ0) is 18.2. The number of carboxylic acids is 1. The van der Waals surface area contributed by atoms with Crippen LogP contribution in [0.4, 0.5) is 4.79 Å². The van der Waals surface area contributed by atoms with Crippen molar-refractivity contribution in [2.75, 3.05) is 26.2 Å². The Hall–Kier alpha value is -1.99. The molecule has 3 N–H and O–H groups in total. The average molecular weight is 370 g/mol. The molecule has 1 saturated carbocycles. The molecule has 2 amide bonds. The van der Waals surface area contributed by atoms with Crippen molar-refractivity contribution >= 4 is 23.6 Å². The van der Waals surface area contributed by atoms with Gasteiger partial charge in [-0.25, -0.2) is 4.79 Å². The molecule has 1 aromatic carbocycles. The number of aliphatic carboxylic acids is 1. The van der Waals surface area contributed by atoms with E-state index in [-0.39, 0.29) is 24.7 Å². The van der Waals surface area contributed by atoms with E-state index >= 15 is 0 Å². The highest BCUT2D eigenvalue weighted by Gasteiger charge is 2.34. The van der Waals surface area contributed by atoms with Crippen LogP contribution in [0.25, 0.3) is 0 Å². The van der Waals surface area contributed by atoms with Crippen molar-refractivity contribution in [3.8, 4) is 5.75 Å². The Morgan fingerprint density at radius 2 is 2.16 bits per heavy atom. The molecule has 0 atom stereocenters. The van der Waals surface area contributed by atoms with Crippen molar-refractivity contribution in [2.24, 2.45) is 0 Å². The van der Waals surface area contributed by atoms with E-state index in [2.05, 4.69) is 10.6 Å². The van der Waals surface area contributed by atoms with Crippen molar-refractivity contribution in [3.05, 3.63) is 29.3 Å². The summed E-state index contributed by atoms with van der Waals surface area (Å²) in [6.07, 6.45) is 1.54. The van der Waals surface area contributed by atoms with Crippen LogP contribution in [0.1, 0.15) is 19.8 Å². The number of hydrogen-bond acceptors (Lipinski definition) is 4. The summed E-state index contributed by atoms with van der Waals surface area (Å²) in [7, 11) is 0. The lowest BCUT2D eigenvalue weighted by Gasteiger charge is -2.42. The number of rotatable bonds is 9. The number of urea groups is 1. The van der Waals surface area contributed by atoms with Crippen molar-refractivity contribution in [1.29, 1.82) is 0 Å². The molecule has 0 spiro atoms. The Kier molecular flexibility index (Phi) is 7.33. The number of benzene rings is 1. The fourth-order valence-electron chi connectivity index (χ4n) is 2.80. The number of nitrogens with one attached hydrogen (secondary N) is 2. The average Bonchev–Trinajstić information content (AvgIpc) is 2.52. The standard InChI is InChI=1S/C17H24ClN3O4/c1-2-21(11-16(22)23)14-9-13(10-14)20-17(24)19-6-7-25-15-5-3-4-12(18)8-15/h3-5,8,13-14H,2,6-7,9-11H2,1H3,(H,22,23)(H2,19,20,24). The molecule has 25 heavy (non-hydrogen) atoms. The predicted molar refractivity (Wildman–Crippen MR) is 95.2 cm³/mol. The Balaban J connectivity index is 1.58. The summed E-state index contributed by atoms with van der Waals surface area (Å²) >= 11 is 5.86. The molecule has 0 unspecified atom stereocenters. The number of carbonyl (C=O) groups excluding carboxylic acids is 1. The van der Waals surface area contributed by atoms with Gasteiger partial charge in [-0.2, -0.15) is 0 Å². The number of amides is 2. The highest BCUT2D eigenvalue weighted by molar-refractivity contribution is 6.30. The summed E-state index contributed by atoms with van der Waals surface area (Å²) in [5.41, 5.74) is 0. The molecule has 0 aromatic heterocycles. The van der Waals surface area contributed by atoms with Crippen molar-refractivity contribution in [3.63, 3.8) is 0 Å². The lowest BCUT2D eigenvalue weighted by atomic mass is 9.85. The maximum atomic E-state index is 11.8. The minimum Gasteiger partial charge on any atom is -0.492 e. The minimum absolute atomic E-state index is 0.0426. The van der Waals surface area contributed by atoms with Crippen molar-refractivity contribution in [1.82, 2.24) is 15.5 Å². The number of hydrogen-bond donors (Lipinski definition) is 3. The number of carbonyl (C=O) groups is 2. The fourth-order valence-corrected chi connectivity index (χ4v) is 2.98. The Bertz CT molecular complexity index is 593. The van der Waals surface area contributed by atoms with Crippen LogP contribution >= 0.6 is 11.6 Å². The quantitative estimate of drug-likeness (QED) is 0.579. The summed E-state index contributed by atoms with van der Waals surface area (Å²) in [6.45, 7) is 3.41. The molecule has 1 aliphatic rings. The largest absolute Gasteiger partial charge is 0.492 e. The topological polar surface area (TPSA) is 90.9 Å². The lowest BCUT2D eigenvalue weighted by molar-refractivity contribution is -0.139. The van der Waals surface area contributed by atoms with Crippen LogP contribution in [0, 0.1) is 0 Å². The molecule has 7 nitrogen and oxygen atoms in total. The van der Waals surface area contributed by atoms with E-state index in [4.69, 9.17) is 21.4 Å². The third kappa shape index (κ3) is 6.43. The molecule has 1 aromatic rings. The number of ether oxygens (including phenoxy) is 1. The summed E-state index contributed by atoms with van der Waals surface area (Å²) < 4.78 is 5.49. The van der Waals surface area contributed by atoms with E-state index in [9.17, 15) is 9.59 Å². The van der Waals surface area contributed by atoms with Crippen LogP contribution in [-0.2, 0) is 4.79 Å². The molecule has 1 fully saturated rings. The molecule has 0 aliphatic heterocycles. The molecular formula is C17H24ClN3O4. The minimum atomic E-state index is -0.823. The molecular weight excluding hydrogens is 346 g/mol. The van der Waals surface area contributed by atoms with Crippen LogP contribution in [0.15, 0.2) is 24.3 Å². The second-order valence-corrected chi connectivity index (χ2v) is 6.42. The van der Waals surface area contributed by atoms with Gasteiger partial charge in [-0.05, 0) is 37.6 Å². The van der Waals surface area contributed by atoms with E-state index in [1.54, 1.807) is 24.3 Å². The zero-order valence-electron chi connectivity index (χ0n) is 14.2. The smallest absolute Gasteiger partial charge is 0.317 e. The van der Waals surface area contributed by atoms with Crippen LogP contribution in [0.5, 0.6) is 5.75 Å². The van der Waals surface area contributed by atoms with Crippen LogP contribution in [0.3, 0.4) is 0 Å². The fraction of sp³-hybridized carbons (Fsp3) is 0.529. The second kappa shape index (κ2) is 9.48. The van der Waals surface area contributed by atoms with Gasteiger partial charge in [0.15, 0.2) is 0 Å². The van der Waals surface area contributed by atoms with Gasteiger partial charge in [-0.1, -0.05) is 24.6 Å². The van der Waals surface area contributed by atoms with Gasteiger partial charge in [0.2, 0.25) is 0 Å². The third-order valence-electron chi connectivity index (χ3n) is 4.16. The van der Waals surface area contributed by atoms with Gasteiger partial charge >= 0.3 is 12.0 Å². The first-order valence-electron chi connectivity index (χ1n) is 8.36. The first kappa shape index (κ1) is 19.3. The van der Waals surface area contributed by atoms with Gasteiger partial charge in [0, 0.05) is 17.1 Å². The first-order chi connectivity index (χ1) is 12.0. The molecule has 0 bridgehead atoms. The highest BCUT2D eigenvalue weighted by Crippen LogP contribution is 2.25. The van der Waals surface area contributed by atoms with Gasteiger partial charge in [0.25, 0.3) is 0 Å². The Morgan fingerprint density at radius 3 is 2.80 bits per heavy atom. The summed E-state index contributed by atoms with van der Waals surface area (Å²) in [5.74, 6) is -0.162. The first-order valence-corrected chi connectivity index (χ1v) is 8.74. The molecule has 0 radical (unpaired) electrons. The van der Waals surface area contributed by atoms with E-state index in [0.717, 1.165) is 12.8 Å². The maximum Gasteiger partial charge on any atom is 0.317 e. The number of nitrogens with zero attached hydrogens (tertiary/aromatic N) is 1. The normalized spacial score (nSPS) is 19.2. The molecule has 1 aliphatic carbocycles. The number of carboxylic acid groups (broad SMARTS) is 1. The van der Waals surface area contributed by atoms with Crippen LogP contribution in [-0.4, -0.2) is 60.3 Å². The van der Waals surface area contributed by atoms with Gasteiger partial charge in [-0.3, -0.25) is 9.69 Å². The molecule has 0 heterocycles. The number of halogens is 1. The van der Waals surface area contributed by atoms with Crippen molar-refractivity contribution in [2.45, 2.75) is 31.8 Å². The summed E-state index contributed by atoms with van der Waals surface area (Å²) in [5, 5.41) is 15.1. The van der Waals surface area contributed by atoms with Gasteiger partial charge in [0.1, 0.15) is 12.4 Å². The van der Waals surface area contributed by atoms with Gasteiger partial charge in [-0.15, -0.1) is 0 Å². The van der Waals surface area contributed by atoms with E-state index < -0.39 is 5.97 Å². The van der Waals surface area contributed by atoms with Crippen LogP contribution in [0.2, 0.25) is 5.02 Å². The van der Waals surface area contributed by atoms with E-state index in [1.807, 2.05) is 11.8 Å². The Morgan fingerprint density at radius 1 is 1.40 bits per heavy atom. The molecule has 2 rings (SSSR count). The highest BCUT2D eigenvalue weighted by atomic mass is 35.5. The van der Waals surface area contributed by atoms with Gasteiger partial charge in [0.05, 0.1) is 13.1 Å². The lowest BCUT2D eigenvalue weighted by Crippen LogP contribution is -2.56. The summed E-state index contributed by atoms with van der Waals surface area (Å²) in [4.78, 5) is 24.5. The molecule has 138 valence electrons. The SMILES string of the molecule is CCN(CC(=O)O)C1CC(NC(=O)NCCOc2cccc(Cl)c2)C1. The maximum absolute atomic E-state index is 11.8. The van der Waals surface area contributed by atoms with Gasteiger partial charge < -0.3 is 20.5 Å². The van der Waals surface area contributed by atoms with E-state index in [0.29, 0.717) is 30.5 Å². The zero-order valence-corrected chi connectivity index (χ0v) is 15.0. The third-order valence-corrected chi connectivity index (χ3v) is 4.40. The predicted octanol–water partition coefficient (Wildman–Crippen LogP) is 1.96. The monoisotopic (exact) mass is 369 g/mol. The van der Waals surface area contributed by atoms with Crippen molar-refractivity contribution < 1.29 is 19.4 Å². The second-order valence-electron chi connectivity index (χ2n) is 5.99. The molecule has 8 heteroatoms.